The number of nitrogens with zero attached hydrogens (tertiary/aromatic N) is 1. The first kappa shape index (κ1) is 14.2. The number of nitrogens with one attached hydrogen (secondary N) is 1. The molecule has 0 unspecified atom stereocenters. The van der Waals surface area contributed by atoms with Gasteiger partial charge in [-0.05, 0) is 54.5 Å². The van der Waals surface area contributed by atoms with E-state index in [0.29, 0.717) is 28.3 Å². The molecule has 3 aromatic rings. The van der Waals surface area contributed by atoms with Crippen LogP contribution in [0.1, 0.15) is 5.56 Å². The second kappa shape index (κ2) is 5.58. The quantitative estimate of drug-likeness (QED) is 0.681. The predicted molar refractivity (Wildman–Crippen MR) is 82.2 cm³/mol. The van der Waals surface area contributed by atoms with E-state index < -0.39 is 11.6 Å². The summed E-state index contributed by atoms with van der Waals surface area (Å²) in [6, 6.07) is 8.96. The third kappa shape index (κ3) is 2.99. The van der Waals surface area contributed by atoms with Gasteiger partial charge >= 0.3 is 0 Å². The average molecular weight is 325 g/mol. The largest absolute Gasteiger partial charge is 0.331 e. The number of rotatable bonds is 3. The number of aromatic amines is 1. The molecule has 0 spiro atoms. The number of H-pyrrole nitrogens is 1. The molecule has 0 aliphatic carbocycles. The Balaban J connectivity index is 1.93. The normalized spacial score (nSPS) is 11.2. The Morgan fingerprint density at radius 2 is 1.81 bits per heavy atom. The van der Waals surface area contributed by atoms with Gasteiger partial charge in [-0.3, -0.25) is 0 Å². The zero-order chi connectivity index (χ0) is 15.0. The number of fused-ring (bicyclic) bond motifs is 1. The van der Waals surface area contributed by atoms with Crippen molar-refractivity contribution in [2.45, 2.75) is 13.0 Å². The van der Waals surface area contributed by atoms with Crippen LogP contribution in [0.3, 0.4) is 0 Å². The van der Waals surface area contributed by atoms with E-state index in [1.165, 1.54) is 12.1 Å². The lowest BCUT2D eigenvalue weighted by molar-refractivity contribution is 0.577. The van der Waals surface area contributed by atoms with Gasteiger partial charge in [-0.1, -0.05) is 11.6 Å². The van der Waals surface area contributed by atoms with E-state index in [9.17, 15) is 8.78 Å². The number of hydrogen-bond acceptors (Lipinski definition) is 1. The Bertz CT molecular complexity index is 849. The molecule has 2 nitrogen and oxygen atoms in total. The summed E-state index contributed by atoms with van der Waals surface area (Å²) in [4.78, 5) is 3.08. The zero-order valence-corrected chi connectivity index (χ0v) is 12.4. The smallest absolute Gasteiger partial charge is 0.178 e. The van der Waals surface area contributed by atoms with Crippen molar-refractivity contribution in [2.24, 2.45) is 0 Å². The van der Waals surface area contributed by atoms with Gasteiger partial charge in [0.05, 0.1) is 11.0 Å². The summed E-state index contributed by atoms with van der Waals surface area (Å²) in [6.07, 6.45) is 0.475. The van der Waals surface area contributed by atoms with Crippen molar-refractivity contribution in [1.29, 1.82) is 0 Å². The zero-order valence-electron chi connectivity index (χ0n) is 10.9. The Kier molecular flexibility index (Phi) is 3.78. The Labute approximate surface area is 130 Å². The van der Waals surface area contributed by atoms with E-state index in [1.807, 2.05) is 16.7 Å². The van der Waals surface area contributed by atoms with Crippen LogP contribution in [0.2, 0.25) is 5.02 Å². The van der Waals surface area contributed by atoms with E-state index in [4.69, 9.17) is 23.8 Å². The SMILES string of the molecule is Fc1cc(F)cc(CCn2c(=S)[nH]c3ccc(Cl)cc32)c1. The summed E-state index contributed by atoms with van der Waals surface area (Å²) in [5, 5.41) is 0.613. The summed E-state index contributed by atoms with van der Waals surface area (Å²) >= 11 is 11.3. The summed E-state index contributed by atoms with van der Waals surface area (Å²) in [5.41, 5.74) is 2.35. The van der Waals surface area contributed by atoms with Crippen LogP contribution < -0.4 is 0 Å². The fraction of sp³-hybridized carbons (Fsp3) is 0.133. The second-order valence-corrected chi connectivity index (χ2v) is 5.59. The molecule has 108 valence electrons. The van der Waals surface area contributed by atoms with Crippen molar-refractivity contribution in [3.8, 4) is 0 Å². The van der Waals surface area contributed by atoms with Crippen molar-refractivity contribution in [1.82, 2.24) is 9.55 Å². The number of imidazole rings is 1. The molecule has 0 aliphatic rings. The monoisotopic (exact) mass is 324 g/mol. The fourth-order valence-electron chi connectivity index (χ4n) is 2.34. The molecule has 2 aromatic carbocycles. The molecule has 0 fully saturated rings. The van der Waals surface area contributed by atoms with Gasteiger partial charge in [0, 0.05) is 17.6 Å². The van der Waals surface area contributed by atoms with Gasteiger partial charge in [-0.25, -0.2) is 8.78 Å². The highest BCUT2D eigenvalue weighted by Gasteiger charge is 2.06. The third-order valence-corrected chi connectivity index (χ3v) is 3.84. The molecule has 0 bridgehead atoms. The maximum Gasteiger partial charge on any atom is 0.178 e. The molecular weight excluding hydrogens is 314 g/mol. The van der Waals surface area contributed by atoms with Crippen LogP contribution in [0.4, 0.5) is 8.78 Å². The lowest BCUT2D eigenvalue weighted by Gasteiger charge is -2.06. The molecule has 21 heavy (non-hydrogen) atoms. The van der Waals surface area contributed by atoms with E-state index in [0.717, 1.165) is 17.1 Å². The summed E-state index contributed by atoms with van der Waals surface area (Å²) in [6.45, 7) is 0.516. The van der Waals surface area contributed by atoms with Crippen LogP contribution >= 0.6 is 23.8 Å². The minimum atomic E-state index is -0.574. The first-order valence-electron chi connectivity index (χ1n) is 6.36. The number of aromatic nitrogens is 2. The van der Waals surface area contributed by atoms with Gasteiger partial charge in [-0.2, -0.15) is 0 Å². The fourth-order valence-corrected chi connectivity index (χ4v) is 2.81. The Morgan fingerprint density at radius 1 is 1.10 bits per heavy atom. The Morgan fingerprint density at radius 3 is 2.52 bits per heavy atom. The molecule has 0 saturated carbocycles. The highest BCUT2D eigenvalue weighted by atomic mass is 35.5. The number of aryl methyl sites for hydroxylation is 2. The summed E-state index contributed by atoms with van der Waals surface area (Å²) in [7, 11) is 0. The van der Waals surface area contributed by atoms with Crippen LogP contribution in [-0.4, -0.2) is 9.55 Å². The molecular formula is C15H11ClF2N2S. The first-order chi connectivity index (χ1) is 10.0. The standard InChI is InChI=1S/C15H11ClF2N2S/c16-10-1-2-13-14(7-10)20(15(21)19-13)4-3-9-5-11(17)8-12(18)6-9/h1-2,5-8H,3-4H2,(H,19,21). The van der Waals surface area contributed by atoms with Crippen molar-refractivity contribution < 1.29 is 8.78 Å². The van der Waals surface area contributed by atoms with Crippen LogP contribution in [-0.2, 0) is 13.0 Å². The van der Waals surface area contributed by atoms with Gasteiger partial charge in [0.25, 0.3) is 0 Å². The van der Waals surface area contributed by atoms with E-state index in [2.05, 4.69) is 4.98 Å². The molecule has 0 radical (unpaired) electrons. The average Bonchev–Trinajstić information content (AvgIpc) is 2.70. The molecule has 1 N–H and O–H groups in total. The summed E-state index contributed by atoms with van der Waals surface area (Å²) < 4.78 is 28.8. The lowest BCUT2D eigenvalue weighted by Crippen LogP contribution is -2.02. The Hall–Kier alpha value is -1.72. The minimum absolute atomic E-state index is 0.475. The maximum absolute atomic E-state index is 13.2. The molecule has 1 aromatic heterocycles. The van der Waals surface area contributed by atoms with Crippen molar-refractivity contribution in [3.05, 3.63) is 63.4 Å². The molecule has 0 saturated heterocycles. The first-order valence-corrected chi connectivity index (χ1v) is 7.14. The van der Waals surface area contributed by atoms with Gasteiger partial charge < -0.3 is 9.55 Å². The molecule has 1 heterocycles. The van der Waals surface area contributed by atoms with Gasteiger partial charge in [-0.15, -0.1) is 0 Å². The highest BCUT2D eigenvalue weighted by Crippen LogP contribution is 2.20. The minimum Gasteiger partial charge on any atom is -0.331 e. The van der Waals surface area contributed by atoms with Crippen LogP contribution in [0.25, 0.3) is 11.0 Å². The van der Waals surface area contributed by atoms with Crippen molar-refractivity contribution >= 4 is 34.9 Å². The highest BCUT2D eigenvalue weighted by molar-refractivity contribution is 7.71. The molecule has 0 atom stereocenters. The van der Waals surface area contributed by atoms with Crippen molar-refractivity contribution in [3.63, 3.8) is 0 Å². The topological polar surface area (TPSA) is 20.7 Å². The van der Waals surface area contributed by atoms with Gasteiger partial charge in [0.15, 0.2) is 4.77 Å². The lowest BCUT2D eigenvalue weighted by atomic mass is 10.1. The summed E-state index contributed by atoms with van der Waals surface area (Å²) in [5.74, 6) is -1.15. The molecule has 0 aliphatic heterocycles. The number of halogens is 3. The van der Waals surface area contributed by atoms with Crippen molar-refractivity contribution in [2.75, 3.05) is 0 Å². The van der Waals surface area contributed by atoms with Gasteiger partial charge in [0.2, 0.25) is 0 Å². The van der Waals surface area contributed by atoms with Crippen LogP contribution in [0.15, 0.2) is 36.4 Å². The second-order valence-electron chi connectivity index (χ2n) is 4.77. The van der Waals surface area contributed by atoms with Crippen LogP contribution in [0.5, 0.6) is 0 Å². The van der Waals surface area contributed by atoms with E-state index in [-0.39, 0.29) is 0 Å². The predicted octanol–water partition coefficient (Wildman–Crippen LogP) is 4.87. The molecule has 3 rings (SSSR count). The maximum atomic E-state index is 13.2. The third-order valence-electron chi connectivity index (χ3n) is 3.28. The van der Waals surface area contributed by atoms with Crippen LogP contribution in [0, 0.1) is 16.4 Å². The van der Waals surface area contributed by atoms with E-state index >= 15 is 0 Å². The number of hydrogen-bond donors (Lipinski definition) is 1. The van der Waals surface area contributed by atoms with E-state index in [1.54, 1.807) is 6.07 Å². The van der Waals surface area contributed by atoms with Gasteiger partial charge in [0.1, 0.15) is 11.6 Å². The molecule has 6 heteroatoms. The molecule has 0 amide bonds. The number of benzene rings is 2.